The van der Waals surface area contributed by atoms with E-state index in [9.17, 15) is 0 Å². The summed E-state index contributed by atoms with van der Waals surface area (Å²) in [6.45, 7) is 2.48. The summed E-state index contributed by atoms with van der Waals surface area (Å²) >= 11 is 5.83. The molecule has 2 unspecified atom stereocenters. The number of rotatable bonds is 9. The van der Waals surface area contributed by atoms with Gasteiger partial charge in [0.2, 0.25) is 0 Å². The highest BCUT2D eigenvalue weighted by molar-refractivity contribution is 7.80. The molecule has 0 amide bonds. The molecule has 3 aromatic heterocycles. The molecule has 0 spiro atoms. The average molecular weight is 469 g/mol. The number of benzene rings is 1. The number of pyridine rings is 2. The first kappa shape index (κ1) is 22.1. The number of thiocarbonyl (C=S) groups is 1. The van der Waals surface area contributed by atoms with Gasteiger partial charge in [-0.3, -0.25) is 9.97 Å². The smallest absolute Gasteiger partial charge is 0.170 e. The van der Waals surface area contributed by atoms with Gasteiger partial charge in [-0.2, -0.15) is 0 Å². The molecule has 1 fully saturated rings. The molecule has 0 saturated carbocycles. The van der Waals surface area contributed by atoms with Gasteiger partial charge in [0.25, 0.3) is 0 Å². The van der Waals surface area contributed by atoms with Gasteiger partial charge in [-0.15, -0.1) is 0 Å². The van der Waals surface area contributed by atoms with E-state index >= 15 is 0 Å². The molecule has 0 aliphatic carbocycles. The molecule has 1 aromatic carbocycles. The molecule has 1 saturated heterocycles. The fourth-order valence-electron chi connectivity index (χ4n) is 4.53. The minimum absolute atomic E-state index is 0.0154. The van der Waals surface area contributed by atoms with Gasteiger partial charge in [-0.05, 0) is 66.7 Å². The molecule has 0 bridgehead atoms. The van der Waals surface area contributed by atoms with Gasteiger partial charge in [0, 0.05) is 55.8 Å². The van der Waals surface area contributed by atoms with Crippen LogP contribution in [-0.4, -0.2) is 37.6 Å². The number of anilines is 1. The first-order valence-corrected chi connectivity index (χ1v) is 12.0. The fourth-order valence-corrected chi connectivity index (χ4v) is 4.87. The summed E-state index contributed by atoms with van der Waals surface area (Å²) in [5.41, 5.74) is 4.51. The fraction of sp³-hybridized carbons (Fsp3) is 0.222. The first-order valence-electron chi connectivity index (χ1n) is 11.6. The number of hydrogen-bond donors (Lipinski definition) is 2. The summed E-state index contributed by atoms with van der Waals surface area (Å²) in [6.07, 6.45) is 8.67. The molecule has 0 radical (unpaired) electrons. The monoisotopic (exact) mass is 468 g/mol. The Morgan fingerprint density at radius 2 is 1.82 bits per heavy atom. The zero-order chi connectivity index (χ0) is 23.2. The number of nitrogens with one attached hydrogen (secondary N) is 2. The van der Waals surface area contributed by atoms with Crippen molar-refractivity contribution >= 4 is 23.0 Å². The summed E-state index contributed by atoms with van der Waals surface area (Å²) in [5, 5.41) is 7.83. The Bertz CT molecular complexity index is 1200. The Kier molecular flexibility index (Phi) is 6.81. The highest BCUT2D eigenvalue weighted by Crippen LogP contribution is 2.38. The zero-order valence-electron chi connectivity index (χ0n) is 18.9. The lowest BCUT2D eigenvalue weighted by molar-refractivity contribution is 0.303. The molecule has 1 aliphatic rings. The highest BCUT2D eigenvalue weighted by atomic mass is 32.1. The minimum atomic E-state index is -0.0154. The first-order chi connectivity index (χ1) is 16.8. The maximum absolute atomic E-state index is 5.83. The molecule has 4 heterocycles. The Morgan fingerprint density at radius 3 is 2.62 bits per heavy atom. The molecule has 2 atom stereocenters. The summed E-state index contributed by atoms with van der Waals surface area (Å²) < 4.78 is 2.29. The Hall–Kier alpha value is -3.71. The van der Waals surface area contributed by atoms with Crippen molar-refractivity contribution in [2.75, 3.05) is 18.4 Å². The van der Waals surface area contributed by atoms with Crippen LogP contribution in [0.2, 0.25) is 0 Å². The molecular weight excluding hydrogens is 440 g/mol. The second-order valence-corrected chi connectivity index (χ2v) is 8.78. The van der Waals surface area contributed by atoms with Crippen LogP contribution in [0.1, 0.15) is 35.5 Å². The van der Waals surface area contributed by atoms with Crippen molar-refractivity contribution in [1.29, 1.82) is 0 Å². The van der Waals surface area contributed by atoms with Crippen LogP contribution in [0.5, 0.6) is 0 Å². The predicted molar refractivity (Wildman–Crippen MR) is 139 cm³/mol. The number of aromatic nitrogens is 3. The van der Waals surface area contributed by atoms with Gasteiger partial charge in [0.15, 0.2) is 5.11 Å². The Labute approximate surface area is 205 Å². The quantitative estimate of drug-likeness (QED) is 0.272. The lowest BCUT2D eigenvalue weighted by Gasteiger charge is -2.29. The summed E-state index contributed by atoms with van der Waals surface area (Å²) in [6, 6.07) is 24.8. The van der Waals surface area contributed by atoms with E-state index in [1.807, 2.05) is 55.0 Å². The highest BCUT2D eigenvalue weighted by Gasteiger charge is 2.40. The van der Waals surface area contributed by atoms with Crippen LogP contribution in [0.4, 0.5) is 5.69 Å². The zero-order valence-corrected chi connectivity index (χ0v) is 19.7. The lowest BCUT2D eigenvalue weighted by atomic mass is 10.0. The van der Waals surface area contributed by atoms with Crippen molar-refractivity contribution in [3.8, 4) is 0 Å². The van der Waals surface area contributed by atoms with Crippen LogP contribution in [0.3, 0.4) is 0 Å². The molecule has 1 aliphatic heterocycles. The Morgan fingerprint density at radius 1 is 0.941 bits per heavy atom. The molecule has 5 rings (SSSR count). The standard InChI is InChI=1S/C27H28N6S/c34-27-31-25(23-12-4-5-15-30-23)26(33(27)18-8-16-29-22-10-2-1-3-11-22)24-13-7-17-32(24)20-21-9-6-14-28-19-21/h1-7,9-15,17,19,25-26,29H,8,16,18,20H2,(H,31,34). The molecular formula is C27H28N6S. The summed E-state index contributed by atoms with van der Waals surface area (Å²) in [4.78, 5) is 11.3. The van der Waals surface area contributed by atoms with E-state index < -0.39 is 0 Å². The van der Waals surface area contributed by atoms with Crippen LogP contribution in [0.25, 0.3) is 0 Å². The molecule has 7 heteroatoms. The normalized spacial score (nSPS) is 17.5. The summed E-state index contributed by atoms with van der Waals surface area (Å²) in [7, 11) is 0. The van der Waals surface area contributed by atoms with E-state index in [1.54, 1.807) is 0 Å². The SMILES string of the molecule is S=C1NC(c2ccccn2)C(c2cccn2Cc2cccnc2)N1CCCNc1ccccc1. The van der Waals surface area contributed by atoms with E-state index in [0.717, 1.165) is 42.5 Å². The van der Waals surface area contributed by atoms with Gasteiger partial charge in [-0.1, -0.05) is 30.3 Å². The third-order valence-electron chi connectivity index (χ3n) is 6.12. The van der Waals surface area contributed by atoms with Crippen LogP contribution in [0, 0.1) is 0 Å². The number of para-hydroxylation sites is 1. The molecule has 172 valence electrons. The van der Waals surface area contributed by atoms with Gasteiger partial charge in [0.05, 0.1) is 17.8 Å². The molecule has 2 N–H and O–H groups in total. The second kappa shape index (κ2) is 10.5. The van der Waals surface area contributed by atoms with Crippen molar-refractivity contribution < 1.29 is 0 Å². The molecule has 6 nitrogen and oxygen atoms in total. The van der Waals surface area contributed by atoms with Gasteiger partial charge >= 0.3 is 0 Å². The Balaban J connectivity index is 1.38. The topological polar surface area (TPSA) is 58.0 Å². The summed E-state index contributed by atoms with van der Waals surface area (Å²) in [5.74, 6) is 0. The van der Waals surface area contributed by atoms with E-state index in [4.69, 9.17) is 12.2 Å². The van der Waals surface area contributed by atoms with Gasteiger partial charge in [-0.25, -0.2) is 0 Å². The third-order valence-corrected chi connectivity index (χ3v) is 6.47. The van der Waals surface area contributed by atoms with E-state index in [-0.39, 0.29) is 12.1 Å². The second-order valence-electron chi connectivity index (χ2n) is 8.39. The maximum Gasteiger partial charge on any atom is 0.170 e. The van der Waals surface area contributed by atoms with Crippen LogP contribution in [-0.2, 0) is 6.54 Å². The van der Waals surface area contributed by atoms with E-state index in [2.05, 4.69) is 72.7 Å². The molecule has 34 heavy (non-hydrogen) atoms. The lowest BCUT2D eigenvalue weighted by Crippen LogP contribution is -2.32. The number of nitrogens with zero attached hydrogens (tertiary/aromatic N) is 4. The largest absolute Gasteiger partial charge is 0.385 e. The van der Waals surface area contributed by atoms with Gasteiger partial charge < -0.3 is 20.1 Å². The number of hydrogen-bond acceptors (Lipinski definition) is 4. The van der Waals surface area contributed by atoms with Crippen molar-refractivity contribution in [3.63, 3.8) is 0 Å². The van der Waals surface area contributed by atoms with Crippen LogP contribution in [0.15, 0.2) is 97.6 Å². The molecule has 4 aromatic rings. The van der Waals surface area contributed by atoms with Crippen LogP contribution < -0.4 is 10.6 Å². The van der Waals surface area contributed by atoms with E-state index in [1.165, 1.54) is 11.3 Å². The van der Waals surface area contributed by atoms with Crippen LogP contribution >= 0.6 is 12.2 Å². The third kappa shape index (κ3) is 4.94. The van der Waals surface area contributed by atoms with Gasteiger partial charge in [0.1, 0.15) is 0 Å². The van der Waals surface area contributed by atoms with E-state index in [0.29, 0.717) is 0 Å². The average Bonchev–Trinajstić information content (AvgIpc) is 3.47. The predicted octanol–water partition coefficient (Wildman–Crippen LogP) is 4.80. The maximum atomic E-state index is 5.83. The minimum Gasteiger partial charge on any atom is -0.385 e. The van der Waals surface area contributed by atoms with Crippen molar-refractivity contribution in [2.45, 2.75) is 25.0 Å². The van der Waals surface area contributed by atoms with Crippen molar-refractivity contribution in [2.24, 2.45) is 0 Å². The van der Waals surface area contributed by atoms with Crippen molar-refractivity contribution in [1.82, 2.24) is 24.8 Å². The van der Waals surface area contributed by atoms with Crippen molar-refractivity contribution in [3.05, 3.63) is 115 Å².